The number of likely N-dealkylation sites (tertiary alicyclic amines) is 1. The minimum absolute atomic E-state index is 0.233. The molecule has 1 aromatic heterocycles. The highest BCUT2D eigenvalue weighted by Crippen LogP contribution is 2.20. The molecule has 150 valence electrons. The molecule has 1 aromatic carbocycles. The molecule has 0 spiro atoms. The topological polar surface area (TPSA) is 74.8 Å². The molecular formula is C20H26N4O3S. The highest BCUT2D eigenvalue weighted by Gasteiger charge is 2.27. The Hall–Kier alpha value is -2.00. The van der Waals surface area contributed by atoms with Crippen LogP contribution in [0.2, 0.25) is 0 Å². The largest absolute Gasteiger partial charge is 0.379 e. The van der Waals surface area contributed by atoms with Gasteiger partial charge in [0.2, 0.25) is 10.0 Å². The van der Waals surface area contributed by atoms with E-state index in [-0.39, 0.29) is 4.90 Å². The predicted octanol–water partition coefficient (Wildman–Crippen LogP) is 1.79. The molecule has 0 radical (unpaired) electrons. The van der Waals surface area contributed by atoms with Crippen LogP contribution in [0, 0.1) is 0 Å². The van der Waals surface area contributed by atoms with Crippen LogP contribution < -0.4 is 5.32 Å². The van der Waals surface area contributed by atoms with Crippen molar-refractivity contribution in [3.63, 3.8) is 0 Å². The third-order valence-electron chi connectivity index (χ3n) is 5.22. The molecule has 2 aromatic rings. The van der Waals surface area contributed by atoms with Crippen LogP contribution in [-0.4, -0.2) is 68.0 Å². The fraction of sp³-hybridized carbons (Fsp3) is 0.450. The van der Waals surface area contributed by atoms with E-state index in [1.807, 2.05) is 6.07 Å². The predicted molar refractivity (Wildman–Crippen MR) is 108 cm³/mol. The summed E-state index contributed by atoms with van der Waals surface area (Å²) in [5, 5.41) is 3.43. The first kappa shape index (κ1) is 19.3. The average molecular weight is 403 g/mol. The average Bonchev–Trinajstić information content (AvgIpc) is 3.16. The van der Waals surface area contributed by atoms with E-state index in [9.17, 15) is 8.42 Å². The lowest BCUT2D eigenvalue weighted by Gasteiger charge is -2.26. The van der Waals surface area contributed by atoms with E-state index >= 15 is 0 Å². The van der Waals surface area contributed by atoms with Crippen molar-refractivity contribution >= 4 is 15.8 Å². The Morgan fingerprint density at radius 1 is 1.07 bits per heavy atom. The van der Waals surface area contributed by atoms with Crippen molar-refractivity contribution in [3.8, 4) is 0 Å². The van der Waals surface area contributed by atoms with Crippen LogP contribution in [0.15, 0.2) is 53.6 Å². The Bertz CT molecular complexity index is 868. The minimum Gasteiger partial charge on any atom is -0.379 e. The lowest BCUT2D eigenvalue weighted by molar-refractivity contribution is 0.0730. The summed E-state index contributed by atoms with van der Waals surface area (Å²) in [6.07, 6.45) is 2.49. The Morgan fingerprint density at radius 2 is 1.86 bits per heavy atom. The van der Waals surface area contributed by atoms with Crippen molar-refractivity contribution in [2.24, 2.45) is 0 Å². The van der Waals surface area contributed by atoms with Crippen molar-refractivity contribution in [1.29, 1.82) is 0 Å². The number of benzene rings is 1. The lowest BCUT2D eigenvalue weighted by atomic mass is 10.2. The van der Waals surface area contributed by atoms with Crippen molar-refractivity contribution < 1.29 is 13.2 Å². The van der Waals surface area contributed by atoms with Crippen LogP contribution in [0.25, 0.3) is 0 Å². The monoisotopic (exact) mass is 402 g/mol. The van der Waals surface area contributed by atoms with Crippen LogP contribution in [0.1, 0.15) is 12.0 Å². The van der Waals surface area contributed by atoms with Gasteiger partial charge in [0.1, 0.15) is 10.7 Å². The Labute approximate surface area is 166 Å². The van der Waals surface area contributed by atoms with E-state index in [2.05, 4.69) is 39.5 Å². The number of sulfonamides is 1. The Morgan fingerprint density at radius 3 is 2.57 bits per heavy atom. The number of nitrogens with zero attached hydrogens (tertiary/aromatic N) is 3. The van der Waals surface area contributed by atoms with Gasteiger partial charge in [-0.25, -0.2) is 13.4 Å². The van der Waals surface area contributed by atoms with Gasteiger partial charge in [0, 0.05) is 45.0 Å². The summed E-state index contributed by atoms with van der Waals surface area (Å²) in [5.74, 6) is 0.715. The van der Waals surface area contributed by atoms with Crippen molar-refractivity contribution in [3.05, 3.63) is 54.2 Å². The van der Waals surface area contributed by atoms with Crippen LogP contribution in [0.4, 0.5) is 5.82 Å². The van der Waals surface area contributed by atoms with E-state index in [0.717, 1.165) is 26.1 Å². The number of anilines is 1. The maximum atomic E-state index is 12.7. The van der Waals surface area contributed by atoms with Crippen LogP contribution in [-0.2, 0) is 21.3 Å². The number of pyridine rings is 1. The Kier molecular flexibility index (Phi) is 5.91. The highest BCUT2D eigenvalue weighted by molar-refractivity contribution is 7.89. The van der Waals surface area contributed by atoms with Gasteiger partial charge in [-0.05, 0) is 24.1 Å². The first-order valence-corrected chi connectivity index (χ1v) is 11.1. The molecule has 7 nitrogen and oxygen atoms in total. The maximum absolute atomic E-state index is 12.7. The third-order valence-corrected chi connectivity index (χ3v) is 7.10. The number of hydrogen-bond acceptors (Lipinski definition) is 6. The first-order valence-electron chi connectivity index (χ1n) is 9.68. The Balaban J connectivity index is 1.33. The summed E-state index contributed by atoms with van der Waals surface area (Å²) in [7, 11) is -3.49. The van der Waals surface area contributed by atoms with Gasteiger partial charge < -0.3 is 10.1 Å². The molecule has 1 atom stereocenters. The molecule has 1 unspecified atom stereocenters. The fourth-order valence-corrected chi connectivity index (χ4v) is 5.05. The molecule has 2 fully saturated rings. The van der Waals surface area contributed by atoms with Crippen molar-refractivity contribution in [1.82, 2.24) is 14.2 Å². The summed E-state index contributed by atoms with van der Waals surface area (Å²) >= 11 is 0. The molecule has 2 saturated heterocycles. The zero-order valence-electron chi connectivity index (χ0n) is 15.8. The maximum Gasteiger partial charge on any atom is 0.244 e. The quantitative estimate of drug-likeness (QED) is 0.794. The first-order chi connectivity index (χ1) is 13.6. The van der Waals surface area contributed by atoms with E-state index in [1.54, 1.807) is 12.1 Å². The molecule has 8 heteroatoms. The van der Waals surface area contributed by atoms with E-state index in [0.29, 0.717) is 38.2 Å². The number of nitrogens with one attached hydrogen (secondary N) is 1. The van der Waals surface area contributed by atoms with Gasteiger partial charge in [0.25, 0.3) is 0 Å². The van der Waals surface area contributed by atoms with Crippen molar-refractivity contribution in [2.45, 2.75) is 23.9 Å². The molecule has 1 N–H and O–H groups in total. The van der Waals surface area contributed by atoms with Crippen LogP contribution >= 0.6 is 0 Å². The molecule has 0 saturated carbocycles. The minimum atomic E-state index is -3.49. The van der Waals surface area contributed by atoms with Gasteiger partial charge in [0.05, 0.1) is 13.2 Å². The number of rotatable bonds is 6. The van der Waals surface area contributed by atoms with Crippen molar-refractivity contribution in [2.75, 3.05) is 44.7 Å². The highest BCUT2D eigenvalue weighted by atomic mass is 32.2. The number of aromatic nitrogens is 1. The summed E-state index contributed by atoms with van der Waals surface area (Å²) in [6.45, 7) is 4.59. The second-order valence-corrected chi connectivity index (χ2v) is 9.18. The van der Waals surface area contributed by atoms with Gasteiger partial charge in [-0.2, -0.15) is 4.31 Å². The molecule has 0 amide bonds. The zero-order valence-corrected chi connectivity index (χ0v) is 16.6. The SMILES string of the molecule is O=S(=O)(c1ccc(NC2CCN(Cc3ccccc3)C2)nc1)N1CCOCC1. The second-order valence-electron chi connectivity index (χ2n) is 7.25. The standard InChI is InChI=1S/C20H26N4O3S/c25-28(26,24-10-12-27-13-11-24)19-6-7-20(21-14-19)22-18-8-9-23(16-18)15-17-4-2-1-3-5-17/h1-7,14,18H,8-13,15-16H2,(H,21,22). The fourth-order valence-electron chi connectivity index (χ4n) is 3.70. The van der Waals surface area contributed by atoms with Gasteiger partial charge in [0.15, 0.2) is 0 Å². The van der Waals surface area contributed by atoms with Gasteiger partial charge in [-0.3, -0.25) is 4.90 Å². The molecule has 3 heterocycles. The molecular weight excluding hydrogens is 376 g/mol. The van der Waals surface area contributed by atoms with Gasteiger partial charge >= 0.3 is 0 Å². The van der Waals surface area contributed by atoms with E-state index in [4.69, 9.17) is 4.74 Å². The normalized spacial score (nSPS) is 21.6. The van der Waals surface area contributed by atoms with Crippen LogP contribution in [0.5, 0.6) is 0 Å². The molecule has 2 aliphatic heterocycles. The lowest BCUT2D eigenvalue weighted by Crippen LogP contribution is -2.40. The molecule has 0 bridgehead atoms. The molecule has 0 aliphatic carbocycles. The summed E-state index contributed by atoms with van der Waals surface area (Å²) in [4.78, 5) is 7.00. The third kappa shape index (κ3) is 4.52. The second kappa shape index (κ2) is 8.57. The van der Waals surface area contributed by atoms with E-state index < -0.39 is 10.0 Å². The van der Waals surface area contributed by atoms with Crippen LogP contribution in [0.3, 0.4) is 0 Å². The summed E-state index contributed by atoms with van der Waals surface area (Å²) in [5.41, 5.74) is 1.32. The van der Waals surface area contributed by atoms with Gasteiger partial charge in [-0.1, -0.05) is 30.3 Å². The molecule has 2 aliphatic rings. The number of ether oxygens (including phenoxy) is 1. The smallest absolute Gasteiger partial charge is 0.244 e. The van der Waals surface area contributed by atoms with Gasteiger partial charge in [-0.15, -0.1) is 0 Å². The summed E-state index contributed by atoms with van der Waals surface area (Å²) in [6, 6.07) is 14.2. The van der Waals surface area contributed by atoms with E-state index in [1.165, 1.54) is 16.1 Å². The molecule has 28 heavy (non-hydrogen) atoms. The summed E-state index contributed by atoms with van der Waals surface area (Å²) < 4.78 is 32.0. The number of hydrogen-bond donors (Lipinski definition) is 1. The molecule has 4 rings (SSSR count). The number of morpholine rings is 1. The zero-order chi connectivity index (χ0) is 19.4.